The van der Waals surface area contributed by atoms with Crippen LogP contribution in [0.4, 0.5) is 5.69 Å². The fourth-order valence-electron chi connectivity index (χ4n) is 3.59. The number of likely N-dealkylation sites (tertiary alicyclic amines) is 1. The molecule has 1 unspecified atom stereocenters. The van der Waals surface area contributed by atoms with Crippen LogP contribution < -0.4 is 10.6 Å². The summed E-state index contributed by atoms with van der Waals surface area (Å²) < 4.78 is 0. The lowest BCUT2D eigenvalue weighted by Gasteiger charge is -2.17. The molecule has 4 rings (SSSR count). The van der Waals surface area contributed by atoms with E-state index in [2.05, 4.69) is 10.6 Å². The molecule has 29 heavy (non-hydrogen) atoms. The maximum absolute atomic E-state index is 12.8. The Morgan fingerprint density at radius 1 is 1.00 bits per heavy atom. The standard InChI is InChI=1S/C23H25N3O3/c27-21-14-17(15-26(21)13-12-16-6-2-1-3-7-16)22(28)25-20-9-5-4-8-19(20)23(29)24-18-10-11-18/h1-9,17-18H,10-15H2,(H,24,29)(H,25,28). The van der Waals surface area contributed by atoms with E-state index in [1.165, 1.54) is 5.56 Å². The van der Waals surface area contributed by atoms with Gasteiger partial charge < -0.3 is 15.5 Å². The molecule has 1 saturated heterocycles. The maximum atomic E-state index is 12.8. The molecule has 1 atom stereocenters. The maximum Gasteiger partial charge on any atom is 0.253 e. The molecule has 1 aliphatic carbocycles. The predicted molar refractivity (Wildman–Crippen MR) is 110 cm³/mol. The number of nitrogens with zero attached hydrogens (tertiary/aromatic N) is 1. The third-order valence-corrected chi connectivity index (χ3v) is 5.44. The predicted octanol–water partition coefficient (Wildman–Crippen LogP) is 2.61. The zero-order valence-electron chi connectivity index (χ0n) is 16.3. The zero-order chi connectivity index (χ0) is 20.2. The normalized spacial score (nSPS) is 18.6. The van der Waals surface area contributed by atoms with E-state index in [0.29, 0.717) is 24.3 Å². The molecule has 0 radical (unpaired) electrons. The molecule has 6 heteroatoms. The number of amides is 3. The van der Waals surface area contributed by atoms with Gasteiger partial charge in [-0.1, -0.05) is 42.5 Å². The largest absolute Gasteiger partial charge is 0.349 e. The summed E-state index contributed by atoms with van der Waals surface area (Å²) >= 11 is 0. The quantitative estimate of drug-likeness (QED) is 0.762. The Balaban J connectivity index is 1.35. The Bertz CT molecular complexity index is 909. The molecule has 0 spiro atoms. The first-order valence-corrected chi connectivity index (χ1v) is 10.1. The molecule has 1 saturated carbocycles. The first-order valence-electron chi connectivity index (χ1n) is 10.1. The Kier molecular flexibility index (Phi) is 5.60. The van der Waals surface area contributed by atoms with Crippen molar-refractivity contribution in [1.29, 1.82) is 0 Å². The van der Waals surface area contributed by atoms with E-state index in [1.54, 1.807) is 29.2 Å². The number of hydrogen-bond donors (Lipinski definition) is 2. The van der Waals surface area contributed by atoms with Gasteiger partial charge in [-0.15, -0.1) is 0 Å². The average molecular weight is 391 g/mol. The minimum atomic E-state index is -0.405. The van der Waals surface area contributed by atoms with Crippen molar-refractivity contribution in [3.05, 3.63) is 65.7 Å². The van der Waals surface area contributed by atoms with Crippen LogP contribution in [-0.4, -0.2) is 41.8 Å². The SMILES string of the molecule is O=C(NC1CC1)c1ccccc1NC(=O)C1CC(=O)N(CCc2ccccc2)C1. The highest BCUT2D eigenvalue weighted by atomic mass is 16.2. The topological polar surface area (TPSA) is 78.5 Å². The van der Waals surface area contributed by atoms with Crippen LogP contribution >= 0.6 is 0 Å². The highest BCUT2D eigenvalue weighted by molar-refractivity contribution is 6.05. The van der Waals surface area contributed by atoms with Crippen molar-refractivity contribution in [1.82, 2.24) is 10.2 Å². The second kappa shape index (κ2) is 8.47. The van der Waals surface area contributed by atoms with Gasteiger partial charge in [-0.05, 0) is 37.0 Å². The number of carbonyl (C=O) groups excluding carboxylic acids is 3. The van der Waals surface area contributed by atoms with Crippen molar-refractivity contribution in [2.75, 3.05) is 18.4 Å². The molecule has 2 aliphatic rings. The van der Waals surface area contributed by atoms with Gasteiger partial charge in [0.2, 0.25) is 11.8 Å². The highest BCUT2D eigenvalue weighted by Gasteiger charge is 2.34. The minimum Gasteiger partial charge on any atom is -0.349 e. The third kappa shape index (κ3) is 4.83. The second-order valence-electron chi connectivity index (χ2n) is 7.76. The molecule has 150 valence electrons. The van der Waals surface area contributed by atoms with E-state index in [-0.39, 0.29) is 30.2 Å². The van der Waals surface area contributed by atoms with Crippen LogP contribution in [0, 0.1) is 5.92 Å². The van der Waals surface area contributed by atoms with Crippen LogP contribution in [0.3, 0.4) is 0 Å². The van der Waals surface area contributed by atoms with E-state index >= 15 is 0 Å². The lowest BCUT2D eigenvalue weighted by Crippen LogP contribution is -2.31. The average Bonchev–Trinajstić information content (AvgIpc) is 3.47. The molecular formula is C23H25N3O3. The van der Waals surface area contributed by atoms with Crippen molar-refractivity contribution in [3.63, 3.8) is 0 Å². The van der Waals surface area contributed by atoms with Crippen LogP contribution in [0.5, 0.6) is 0 Å². The molecule has 0 bridgehead atoms. The number of hydrogen-bond acceptors (Lipinski definition) is 3. The molecular weight excluding hydrogens is 366 g/mol. The number of carbonyl (C=O) groups is 3. The molecule has 2 aromatic rings. The lowest BCUT2D eigenvalue weighted by atomic mass is 10.1. The number of para-hydroxylation sites is 1. The summed E-state index contributed by atoms with van der Waals surface area (Å²) in [6.07, 6.45) is 2.98. The van der Waals surface area contributed by atoms with Gasteiger partial charge in [0.25, 0.3) is 5.91 Å². The molecule has 2 N–H and O–H groups in total. The first kappa shape index (κ1) is 19.2. The van der Waals surface area contributed by atoms with Gasteiger partial charge in [-0.2, -0.15) is 0 Å². The first-order chi connectivity index (χ1) is 14.1. The van der Waals surface area contributed by atoms with Gasteiger partial charge >= 0.3 is 0 Å². The van der Waals surface area contributed by atoms with Crippen molar-refractivity contribution in [2.45, 2.75) is 31.7 Å². The second-order valence-corrected chi connectivity index (χ2v) is 7.76. The number of rotatable bonds is 7. The molecule has 1 heterocycles. The van der Waals surface area contributed by atoms with E-state index < -0.39 is 5.92 Å². The number of anilines is 1. The van der Waals surface area contributed by atoms with Crippen molar-refractivity contribution in [3.8, 4) is 0 Å². The van der Waals surface area contributed by atoms with E-state index in [9.17, 15) is 14.4 Å². The lowest BCUT2D eigenvalue weighted by molar-refractivity contribution is -0.128. The summed E-state index contributed by atoms with van der Waals surface area (Å²) in [5.41, 5.74) is 2.12. The summed E-state index contributed by atoms with van der Waals surface area (Å²) in [6.45, 7) is 1.01. The number of nitrogens with one attached hydrogen (secondary N) is 2. The van der Waals surface area contributed by atoms with Gasteiger partial charge in [-0.25, -0.2) is 0 Å². The Morgan fingerprint density at radius 3 is 2.48 bits per heavy atom. The minimum absolute atomic E-state index is 0.000780. The zero-order valence-corrected chi connectivity index (χ0v) is 16.3. The van der Waals surface area contributed by atoms with Crippen LogP contribution in [0.1, 0.15) is 35.2 Å². The van der Waals surface area contributed by atoms with Gasteiger partial charge in [0, 0.05) is 25.6 Å². The van der Waals surface area contributed by atoms with E-state index in [4.69, 9.17) is 0 Å². The van der Waals surface area contributed by atoms with Gasteiger partial charge in [-0.3, -0.25) is 14.4 Å². The highest BCUT2D eigenvalue weighted by Crippen LogP contribution is 2.24. The van der Waals surface area contributed by atoms with Gasteiger partial charge in [0.15, 0.2) is 0 Å². The molecule has 3 amide bonds. The fraction of sp³-hybridized carbons (Fsp3) is 0.348. The summed E-state index contributed by atoms with van der Waals surface area (Å²) in [6, 6.07) is 17.2. The van der Waals surface area contributed by atoms with E-state index in [0.717, 1.165) is 19.3 Å². The summed E-state index contributed by atoms with van der Waals surface area (Å²) in [7, 11) is 0. The molecule has 2 fully saturated rings. The third-order valence-electron chi connectivity index (χ3n) is 5.44. The number of benzene rings is 2. The molecule has 0 aromatic heterocycles. The Morgan fingerprint density at radius 2 is 1.72 bits per heavy atom. The Labute approximate surface area is 170 Å². The van der Waals surface area contributed by atoms with Crippen LogP contribution in [0.25, 0.3) is 0 Å². The van der Waals surface area contributed by atoms with E-state index in [1.807, 2.05) is 30.3 Å². The van der Waals surface area contributed by atoms with Crippen LogP contribution in [0.15, 0.2) is 54.6 Å². The van der Waals surface area contributed by atoms with Gasteiger partial charge in [0.05, 0.1) is 17.2 Å². The van der Waals surface area contributed by atoms with Gasteiger partial charge in [0.1, 0.15) is 0 Å². The molecule has 2 aromatic carbocycles. The fourth-order valence-corrected chi connectivity index (χ4v) is 3.59. The van der Waals surface area contributed by atoms with Crippen LogP contribution in [-0.2, 0) is 16.0 Å². The summed E-state index contributed by atoms with van der Waals surface area (Å²) in [5.74, 6) is -0.790. The summed E-state index contributed by atoms with van der Waals surface area (Å²) in [5, 5.41) is 5.81. The van der Waals surface area contributed by atoms with Crippen molar-refractivity contribution >= 4 is 23.4 Å². The molecule has 6 nitrogen and oxygen atoms in total. The smallest absolute Gasteiger partial charge is 0.253 e. The van der Waals surface area contributed by atoms with Crippen molar-refractivity contribution < 1.29 is 14.4 Å². The Hall–Kier alpha value is -3.15. The van der Waals surface area contributed by atoms with Crippen LogP contribution in [0.2, 0.25) is 0 Å². The molecule has 1 aliphatic heterocycles. The summed E-state index contributed by atoms with van der Waals surface area (Å²) in [4.78, 5) is 39.3. The van der Waals surface area contributed by atoms with Crippen molar-refractivity contribution in [2.24, 2.45) is 5.92 Å². The monoisotopic (exact) mass is 391 g/mol.